The lowest BCUT2D eigenvalue weighted by atomic mass is 9.73. The summed E-state index contributed by atoms with van der Waals surface area (Å²) in [5.74, 6) is -0.442. The van der Waals surface area contributed by atoms with Gasteiger partial charge in [-0.05, 0) is 0 Å². The van der Waals surface area contributed by atoms with E-state index in [4.69, 9.17) is 9.47 Å². The number of hydrogen-bond acceptors (Lipinski definition) is 2. The molecule has 16 heavy (non-hydrogen) atoms. The standard InChI is InChI=1S/C14H23O2/c1-11-6-7-14(13(4,5)8-11)15-9-12(2,3)10-16-14/h6-7,9-10H2,1-5H3/q-1. The zero-order valence-corrected chi connectivity index (χ0v) is 11.1. The van der Waals surface area contributed by atoms with Crippen LogP contribution < -0.4 is 0 Å². The molecular formula is C14H23O2-. The van der Waals surface area contributed by atoms with Crippen LogP contribution in [-0.2, 0) is 9.47 Å². The Morgan fingerprint density at radius 1 is 1.06 bits per heavy atom. The van der Waals surface area contributed by atoms with Crippen molar-refractivity contribution in [3.8, 4) is 0 Å². The Morgan fingerprint density at radius 3 is 2.12 bits per heavy atom. The molecule has 0 aromatic carbocycles. The molecule has 1 aliphatic heterocycles. The lowest BCUT2D eigenvalue weighted by Gasteiger charge is -2.59. The molecule has 0 aromatic heterocycles. The Kier molecular flexibility index (Phi) is 2.71. The molecule has 0 radical (unpaired) electrons. The summed E-state index contributed by atoms with van der Waals surface area (Å²) in [6.07, 6.45) is 5.50. The van der Waals surface area contributed by atoms with Crippen molar-refractivity contribution in [2.75, 3.05) is 13.2 Å². The van der Waals surface area contributed by atoms with Crippen molar-refractivity contribution >= 4 is 0 Å². The molecule has 2 aliphatic rings. The van der Waals surface area contributed by atoms with Gasteiger partial charge in [-0.25, -0.2) is 0 Å². The fourth-order valence-corrected chi connectivity index (χ4v) is 2.57. The third-order valence-electron chi connectivity index (χ3n) is 3.70. The molecular weight excluding hydrogens is 200 g/mol. The highest BCUT2D eigenvalue weighted by Gasteiger charge is 2.46. The van der Waals surface area contributed by atoms with Crippen LogP contribution in [0.3, 0.4) is 0 Å². The van der Waals surface area contributed by atoms with Crippen LogP contribution in [0.1, 0.15) is 47.5 Å². The van der Waals surface area contributed by atoms with Gasteiger partial charge < -0.3 is 15.5 Å². The Balaban J connectivity index is 2.21. The molecule has 1 saturated heterocycles. The van der Waals surface area contributed by atoms with E-state index < -0.39 is 5.79 Å². The van der Waals surface area contributed by atoms with E-state index in [1.54, 1.807) is 0 Å². The Bertz CT molecular complexity index is 303. The van der Waals surface area contributed by atoms with E-state index in [9.17, 15) is 0 Å². The van der Waals surface area contributed by atoms with E-state index in [2.05, 4.69) is 40.7 Å². The zero-order chi connectivity index (χ0) is 12.0. The first-order valence-corrected chi connectivity index (χ1v) is 6.15. The summed E-state index contributed by atoms with van der Waals surface area (Å²) in [6.45, 7) is 12.4. The quantitative estimate of drug-likeness (QED) is 0.586. The maximum absolute atomic E-state index is 6.09. The molecule has 0 bridgehead atoms. The van der Waals surface area contributed by atoms with E-state index in [1.165, 1.54) is 5.57 Å². The van der Waals surface area contributed by atoms with Crippen molar-refractivity contribution in [1.29, 1.82) is 0 Å². The average Bonchev–Trinajstić information content (AvgIpc) is 2.14. The summed E-state index contributed by atoms with van der Waals surface area (Å²) < 4.78 is 12.2. The van der Waals surface area contributed by atoms with Crippen LogP contribution >= 0.6 is 0 Å². The first-order chi connectivity index (χ1) is 7.27. The molecule has 0 amide bonds. The van der Waals surface area contributed by atoms with Crippen molar-refractivity contribution in [1.82, 2.24) is 0 Å². The molecule has 0 atom stereocenters. The summed E-state index contributed by atoms with van der Waals surface area (Å²) in [4.78, 5) is 0. The molecule has 2 rings (SSSR count). The topological polar surface area (TPSA) is 18.5 Å². The van der Waals surface area contributed by atoms with Crippen LogP contribution in [0.4, 0.5) is 0 Å². The van der Waals surface area contributed by atoms with E-state index in [-0.39, 0.29) is 10.8 Å². The first kappa shape index (κ1) is 12.1. The van der Waals surface area contributed by atoms with Gasteiger partial charge in [0, 0.05) is 11.8 Å². The Hall–Kier alpha value is -0.340. The third kappa shape index (κ3) is 1.93. The fourth-order valence-electron chi connectivity index (χ4n) is 2.57. The second-order valence-electron chi connectivity index (χ2n) is 6.52. The maximum Gasteiger partial charge on any atom is 0.147 e. The molecule has 0 N–H and O–H groups in total. The molecule has 2 heteroatoms. The molecule has 0 saturated carbocycles. The van der Waals surface area contributed by atoms with E-state index in [0.717, 1.165) is 26.1 Å². The highest BCUT2D eigenvalue weighted by molar-refractivity contribution is 5.11. The van der Waals surface area contributed by atoms with Gasteiger partial charge in [0.25, 0.3) is 0 Å². The van der Waals surface area contributed by atoms with Gasteiger partial charge in [0.15, 0.2) is 0 Å². The van der Waals surface area contributed by atoms with Crippen LogP contribution in [0, 0.1) is 16.9 Å². The van der Waals surface area contributed by atoms with Crippen molar-refractivity contribution in [3.63, 3.8) is 0 Å². The van der Waals surface area contributed by atoms with Gasteiger partial charge in [-0.2, -0.15) is 0 Å². The van der Waals surface area contributed by atoms with Crippen LogP contribution in [0.5, 0.6) is 0 Å². The van der Waals surface area contributed by atoms with Gasteiger partial charge in [0.1, 0.15) is 5.79 Å². The highest BCUT2D eigenvalue weighted by atomic mass is 16.7. The van der Waals surface area contributed by atoms with Crippen LogP contribution in [0.15, 0.2) is 5.57 Å². The van der Waals surface area contributed by atoms with Crippen LogP contribution in [0.2, 0.25) is 0 Å². The number of rotatable bonds is 0. The van der Waals surface area contributed by atoms with Crippen molar-refractivity contribution < 1.29 is 9.47 Å². The van der Waals surface area contributed by atoms with E-state index >= 15 is 0 Å². The summed E-state index contributed by atoms with van der Waals surface area (Å²) in [7, 11) is 0. The monoisotopic (exact) mass is 223 g/mol. The third-order valence-corrected chi connectivity index (χ3v) is 3.70. The summed E-state index contributed by atoms with van der Waals surface area (Å²) >= 11 is 0. The lowest BCUT2D eigenvalue weighted by molar-refractivity contribution is -0.340. The van der Waals surface area contributed by atoms with Crippen LogP contribution in [0.25, 0.3) is 0 Å². The molecule has 0 unspecified atom stereocenters. The van der Waals surface area contributed by atoms with Gasteiger partial charge >= 0.3 is 0 Å². The van der Waals surface area contributed by atoms with E-state index in [0.29, 0.717) is 0 Å². The van der Waals surface area contributed by atoms with Crippen molar-refractivity contribution in [3.05, 3.63) is 11.6 Å². The van der Waals surface area contributed by atoms with Gasteiger partial charge in [0.05, 0.1) is 13.2 Å². The van der Waals surface area contributed by atoms with Crippen molar-refractivity contribution in [2.45, 2.75) is 53.2 Å². The molecule has 0 aromatic rings. The lowest BCUT2D eigenvalue weighted by Crippen LogP contribution is -2.56. The molecule has 1 spiro atoms. The van der Waals surface area contributed by atoms with Crippen LogP contribution in [-0.4, -0.2) is 19.0 Å². The Morgan fingerprint density at radius 2 is 1.62 bits per heavy atom. The minimum absolute atomic E-state index is 0.136. The van der Waals surface area contributed by atoms with Gasteiger partial charge in [-0.1, -0.05) is 41.0 Å². The molecule has 1 heterocycles. The smallest absolute Gasteiger partial charge is 0.147 e. The van der Waals surface area contributed by atoms with Crippen molar-refractivity contribution in [2.24, 2.45) is 10.8 Å². The average molecular weight is 223 g/mol. The SMILES string of the molecule is CC1=[C-]C(C)(C)C2(CC1)OCC(C)(C)CO2. The second kappa shape index (κ2) is 3.58. The van der Waals surface area contributed by atoms with E-state index in [1.807, 2.05) is 0 Å². The summed E-state index contributed by atoms with van der Waals surface area (Å²) in [5, 5.41) is 0. The Labute approximate surface area is 99.0 Å². The molecule has 2 nitrogen and oxygen atoms in total. The number of ether oxygens (including phenoxy) is 2. The molecule has 1 fully saturated rings. The van der Waals surface area contributed by atoms with Gasteiger partial charge in [0.2, 0.25) is 0 Å². The minimum Gasteiger partial charge on any atom is -0.486 e. The summed E-state index contributed by atoms with van der Waals surface area (Å²) in [5.41, 5.74) is 1.32. The maximum atomic E-state index is 6.09. The second-order valence-corrected chi connectivity index (χ2v) is 6.52. The first-order valence-electron chi connectivity index (χ1n) is 6.15. The largest absolute Gasteiger partial charge is 0.486 e. The molecule has 1 aliphatic carbocycles. The number of allylic oxidation sites excluding steroid dienone is 1. The van der Waals surface area contributed by atoms with Gasteiger partial charge in [-0.15, -0.1) is 5.41 Å². The number of hydrogen-bond donors (Lipinski definition) is 0. The minimum atomic E-state index is -0.442. The predicted molar refractivity (Wildman–Crippen MR) is 63.9 cm³/mol. The highest BCUT2D eigenvalue weighted by Crippen LogP contribution is 2.48. The fraction of sp³-hybridized carbons (Fsp3) is 0.857. The predicted octanol–water partition coefficient (Wildman–Crippen LogP) is 3.33. The normalized spacial score (nSPS) is 31.2. The zero-order valence-electron chi connectivity index (χ0n) is 11.1. The van der Waals surface area contributed by atoms with Gasteiger partial charge in [-0.3, -0.25) is 5.57 Å². The molecule has 92 valence electrons. The summed E-state index contributed by atoms with van der Waals surface area (Å²) in [6, 6.07) is 0.